The summed E-state index contributed by atoms with van der Waals surface area (Å²) < 4.78 is 72.2. The predicted molar refractivity (Wildman–Crippen MR) is 198 cm³/mol. The maximum absolute atomic E-state index is 15.7. The largest absolute Gasteiger partial charge is 0.492 e. The lowest BCUT2D eigenvalue weighted by molar-refractivity contribution is -0.306. The lowest BCUT2D eigenvalue weighted by atomic mass is 10.3. The highest BCUT2D eigenvalue weighted by Gasteiger charge is 2.54. The Balaban J connectivity index is 1.46. The van der Waals surface area contributed by atoms with Crippen molar-refractivity contribution < 1.29 is 46.6 Å². The fourth-order valence-electron chi connectivity index (χ4n) is 5.06. The van der Waals surface area contributed by atoms with Crippen molar-refractivity contribution in [3.8, 4) is 34.5 Å². The van der Waals surface area contributed by atoms with E-state index in [1.807, 2.05) is 36.4 Å². The molecule has 53 heavy (non-hydrogen) atoms. The number of rotatable bonds is 18. The molecule has 0 saturated heterocycles. The Morgan fingerprint density at radius 1 is 0.302 bits per heavy atom. The minimum absolute atomic E-state index is 0.324. The van der Waals surface area contributed by atoms with E-state index in [1.165, 1.54) is 20.8 Å². The van der Waals surface area contributed by atoms with Crippen LogP contribution < -0.4 is 28.4 Å². The Bertz CT molecular complexity index is 1660. The van der Waals surface area contributed by atoms with Crippen LogP contribution in [0.4, 0.5) is 0 Å². The summed E-state index contributed by atoms with van der Waals surface area (Å²) >= 11 is 0. The Labute approximate surface area is 308 Å². The zero-order valence-corrected chi connectivity index (χ0v) is 30.2. The fourth-order valence-corrected chi connectivity index (χ4v) is 6.61. The summed E-state index contributed by atoms with van der Waals surface area (Å²) in [6.07, 6.45) is 0. The molecule has 10 nitrogen and oxygen atoms in total. The number of phosphoric acid groups is 1. The topological polar surface area (TPSA) is 100 Å². The molecule has 0 atom stereocenters. The molecular formula is C42H39O10P. The fraction of sp³-hybridized carbons (Fsp3) is 0.143. The highest BCUT2D eigenvalue weighted by Crippen LogP contribution is 2.59. The van der Waals surface area contributed by atoms with E-state index in [0.717, 1.165) is 0 Å². The van der Waals surface area contributed by atoms with Crippen LogP contribution in [0.3, 0.4) is 0 Å². The lowest BCUT2D eigenvalue weighted by Crippen LogP contribution is -2.48. The average Bonchev–Trinajstić information content (AvgIpc) is 3.13. The molecule has 0 saturated carbocycles. The van der Waals surface area contributed by atoms with Crippen molar-refractivity contribution in [3.63, 3.8) is 0 Å². The SMILES string of the molecule is CC(Oc1ccccc1)(Oc1ccccc1)OP(=O)(OC(C)(Oc1ccccc1)Oc1ccccc1)OC(C)(Oc1ccccc1)Oc1ccccc1. The molecule has 0 N–H and O–H groups in total. The van der Waals surface area contributed by atoms with Gasteiger partial charge >= 0.3 is 25.7 Å². The van der Waals surface area contributed by atoms with Gasteiger partial charge in [-0.2, -0.15) is 0 Å². The van der Waals surface area contributed by atoms with E-state index < -0.39 is 25.7 Å². The van der Waals surface area contributed by atoms with E-state index in [2.05, 4.69) is 0 Å². The van der Waals surface area contributed by atoms with E-state index in [4.69, 9.17) is 42.0 Å². The molecule has 0 radical (unpaired) electrons. The van der Waals surface area contributed by atoms with Crippen molar-refractivity contribution in [2.24, 2.45) is 0 Å². The Morgan fingerprint density at radius 2 is 0.453 bits per heavy atom. The zero-order chi connectivity index (χ0) is 37.0. The van der Waals surface area contributed by atoms with Crippen molar-refractivity contribution in [1.29, 1.82) is 0 Å². The first kappa shape index (κ1) is 37.0. The van der Waals surface area contributed by atoms with Crippen LogP contribution in [0.2, 0.25) is 0 Å². The van der Waals surface area contributed by atoms with Crippen LogP contribution in [0.1, 0.15) is 20.8 Å². The molecule has 272 valence electrons. The van der Waals surface area contributed by atoms with Gasteiger partial charge in [-0.05, 0) is 72.8 Å². The molecule has 0 aliphatic rings. The van der Waals surface area contributed by atoms with Crippen molar-refractivity contribution in [3.05, 3.63) is 182 Å². The van der Waals surface area contributed by atoms with Crippen LogP contribution in [0.5, 0.6) is 34.5 Å². The second-order valence-corrected chi connectivity index (χ2v) is 13.2. The van der Waals surface area contributed by atoms with Gasteiger partial charge in [0.1, 0.15) is 34.5 Å². The summed E-state index contributed by atoms with van der Waals surface area (Å²) in [5.74, 6) is -4.60. The molecule has 6 aromatic rings. The second kappa shape index (κ2) is 16.7. The van der Waals surface area contributed by atoms with Crippen molar-refractivity contribution >= 4 is 7.82 Å². The summed E-state index contributed by atoms with van der Waals surface area (Å²) in [6, 6.07) is 52.3. The minimum Gasteiger partial charge on any atom is -0.430 e. The summed E-state index contributed by atoms with van der Waals surface area (Å²) in [7, 11) is -5.16. The smallest absolute Gasteiger partial charge is 0.430 e. The number of hydrogen-bond acceptors (Lipinski definition) is 10. The van der Waals surface area contributed by atoms with Crippen molar-refractivity contribution in [2.45, 2.75) is 38.7 Å². The number of hydrogen-bond donors (Lipinski definition) is 0. The molecule has 6 aromatic carbocycles. The van der Waals surface area contributed by atoms with Gasteiger partial charge in [0.15, 0.2) is 0 Å². The number of para-hydroxylation sites is 6. The standard InChI is InChI=1S/C42H39O10P/c1-40(44-34-22-10-4-11-23-34,45-35-24-12-5-13-25-35)50-53(43,51-41(2,46-36-26-14-6-15-27-36)47-37-28-16-7-17-29-37)52-42(3,48-38-30-18-8-19-31-38)49-39-32-20-9-21-33-39/h4-33H,1-3H3. The van der Waals surface area contributed by atoms with Gasteiger partial charge in [0.2, 0.25) is 0 Å². The Morgan fingerprint density at radius 3 is 0.604 bits per heavy atom. The average molecular weight is 735 g/mol. The van der Waals surface area contributed by atoms with Crippen LogP contribution in [-0.2, 0) is 18.1 Å². The van der Waals surface area contributed by atoms with Gasteiger partial charge in [0, 0.05) is 20.8 Å². The molecule has 0 unspecified atom stereocenters. The lowest BCUT2D eigenvalue weighted by Gasteiger charge is -2.39. The summed E-state index contributed by atoms with van der Waals surface area (Å²) in [5, 5.41) is 0. The Hall–Kier alpha value is -5.77. The van der Waals surface area contributed by atoms with E-state index >= 15 is 4.57 Å². The van der Waals surface area contributed by atoms with Gasteiger partial charge in [-0.1, -0.05) is 109 Å². The highest BCUT2D eigenvalue weighted by molar-refractivity contribution is 7.48. The molecule has 0 heterocycles. The van der Waals surface area contributed by atoms with Crippen LogP contribution >= 0.6 is 7.82 Å². The van der Waals surface area contributed by atoms with Crippen LogP contribution in [-0.4, -0.2) is 17.9 Å². The summed E-state index contributed by atoms with van der Waals surface area (Å²) in [5.41, 5.74) is 0. The van der Waals surface area contributed by atoms with Gasteiger partial charge < -0.3 is 28.4 Å². The van der Waals surface area contributed by atoms with Crippen molar-refractivity contribution in [2.75, 3.05) is 0 Å². The van der Waals surface area contributed by atoms with Crippen LogP contribution in [0, 0.1) is 0 Å². The maximum Gasteiger partial charge on any atom is 0.492 e. The van der Waals surface area contributed by atoms with E-state index in [9.17, 15) is 0 Å². The molecule has 0 fully saturated rings. The third-order valence-corrected chi connectivity index (χ3v) is 8.78. The van der Waals surface area contributed by atoms with Gasteiger partial charge in [-0.15, -0.1) is 0 Å². The second-order valence-electron chi connectivity index (χ2n) is 11.8. The number of benzene rings is 6. The first-order valence-corrected chi connectivity index (χ1v) is 18.2. The van der Waals surface area contributed by atoms with Gasteiger partial charge in [0.05, 0.1) is 0 Å². The molecule has 0 aliphatic carbocycles. The van der Waals surface area contributed by atoms with Gasteiger partial charge in [-0.25, -0.2) is 18.1 Å². The zero-order valence-electron chi connectivity index (χ0n) is 29.4. The molecule has 6 rings (SSSR count). The van der Waals surface area contributed by atoms with E-state index in [0.29, 0.717) is 34.5 Å². The Kier molecular flexibility index (Phi) is 11.7. The third-order valence-electron chi connectivity index (χ3n) is 7.11. The molecule has 0 aromatic heterocycles. The number of phosphoric ester groups is 1. The molecule has 0 amide bonds. The predicted octanol–water partition coefficient (Wildman–Crippen LogP) is 10.6. The molecule has 0 spiro atoms. The van der Waals surface area contributed by atoms with E-state index in [-0.39, 0.29) is 0 Å². The van der Waals surface area contributed by atoms with Crippen LogP contribution in [0.25, 0.3) is 0 Å². The molecular weight excluding hydrogens is 695 g/mol. The monoisotopic (exact) mass is 734 g/mol. The first-order chi connectivity index (χ1) is 25.6. The molecule has 0 bridgehead atoms. The molecule has 11 heteroatoms. The first-order valence-electron chi connectivity index (χ1n) is 16.8. The highest BCUT2D eigenvalue weighted by atomic mass is 31.2. The molecule has 0 aliphatic heterocycles. The van der Waals surface area contributed by atoms with Gasteiger partial charge in [-0.3, -0.25) is 0 Å². The normalized spacial score (nSPS) is 12.0. The summed E-state index contributed by atoms with van der Waals surface area (Å²) in [6.45, 7) is 4.27. The van der Waals surface area contributed by atoms with Crippen molar-refractivity contribution in [1.82, 2.24) is 0 Å². The van der Waals surface area contributed by atoms with Gasteiger partial charge in [0.25, 0.3) is 0 Å². The van der Waals surface area contributed by atoms with Crippen LogP contribution in [0.15, 0.2) is 182 Å². The summed E-state index contributed by atoms with van der Waals surface area (Å²) in [4.78, 5) is 0. The minimum atomic E-state index is -5.16. The number of ether oxygens (including phenoxy) is 6. The quantitative estimate of drug-likeness (QED) is 0.0626. The maximum atomic E-state index is 15.7. The van der Waals surface area contributed by atoms with E-state index in [1.54, 1.807) is 146 Å². The third kappa shape index (κ3) is 11.1.